The van der Waals surface area contributed by atoms with Crippen LogP contribution in [0.1, 0.15) is 58.2 Å². The zero-order valence-electron chi connectivity index (χ0n) is 28.0. The Labute approximate surface area is 277 Å². The van der Waals surface area contributed by atoms with E-state index in [-0.39, 0.29) is 10.8 Å². The second-order valence-corrected chi connectivity index (χ2v) is 14.4. The van der Waals surface area contributed by atoms with Crippen LogP contribution in [0.3, 0.4) is 0 Å². The average molecular weight is 613 g/mol. The molecule has 1 heterocycles. The van der Waals surface area contributed by atoms with E-state index in [0.717, 1.165) is 39.0 Å². The molecule has 7 aromatic rings. The van der Waals surface area contributed by atoms with Crippen molar-refractivity contribution in [3.05, 3.63) is 144 Å². The summed E-state index contributed by atoms with van der Waals surface area (Å²) in [5, 5.41) is 2.50. The van der Waals surface area contributed by atoms with Crippen LogP contribution in [0.5, 0.6) is 0 Å². The molecule has 232 valence electrons. The number of aromatic nitrogens is 1. The summed E-state index contributed by atoms with van der Waals surface area (Å²) < 4.78 is 6.39. The molecule has 0 saturated heterocycles. The van der Waals surface area contributed by atoms with Crippen molar-refractivity contribution in [2.24, 2.45) is 4.99 Å². The van der Waals surface area contributed by atoms with Gasteiger partial charge in [0.25, 0.3) is 0 Å². The molecule has 3 nitrogen and oxygen atoms in total. The number of aliphatic imine (C=N–C) groups is 1. The fourth-order valence-electron chi connectivity index (χ4n) is 6.11. The number of rotatable bonds is 5. The molecular weight excluding hydrogens is 572 g/mol. The van der Waals surface area contributed by atoms with E-state index < -0.39 is 0 Å². The standard InChI is InChI=1S/C44H40N2O/c1-43(2,3)33-25-29(26-34(27-33)44(4,5)6)28-45-39-19-10-9-16-38(39)42-46-41-37(18-12-20-40(41)47-42)32-23-21-31(22-24-32)36-17-11-14-30-13-7-8-15-35(30)36/h7-28H,1-6H3. The van der Waals surface area contributed by atoms with Crippen LogP contribution in [0, 0.1) is 0 Å². The molecule has 0 aliphatic carbocycles. The van der Waals surface area contributed by atoms with E-state index >= 15 is 0 Å². The second kappa shape index (κ2) is 11.8. The Balaban J connectivity index is 1.24. The molecule has 0 aliphatic heterocycles. The summed E-state index contributed by atoms with van der Waals surface area (Å²) in [7, 11) is 0. The van der Waals surface area contributed by atoms with Gasteiger partial charge in [-0.1, -0.05) is 139 Å². The quantitative estimate of drug-likeness (QED) is 0.181. The normalized spacial score (nSPS) is 12.4. The van der Waals surface area contributed by atoms with E-state index in [2.05, 4.69) is 133 Å². The predicted molar refractivity (Wildman–Crippen MR) is 199 cm³/mol. The van der Waals surface area contributed by atoms with Gasteiger partial charge in [0.05, 0.1) is 11.3 Å². The number of nitrogens with zero attached hydrogens (tertiary/aromatic N) is 2. The van der Waals surface area contributed by atoms with Crippen molar-refractivity contribution < 1.29 is 4.42 Å². The topological polar surface area (TPSA) is 38.4 Å². The van der Waals surface area contributed by atoms with Gasteiger partial charge in [-0.15, -0.1) is 0 Å². The molecule has 0 atom stereocenters. The minimum Gasteiger partial charge on any atom is -0.436 e. The zero-order chi connectivity index (χ0) is 32.8. The van der Waals surface area contributed by atoms with Gasteiger partial charge in [-0.05, 0) is 85.3 Å². The molecule has 0 radical (unpaired) electrons. The number of benzene rings is 6. The number of para-hydroxylation sites is 2. The monoisotopic (exact) mass is 612 g/mol. The lowest BCUT2D eigenvalue weighted by molar-refractivity contribution is 0.568. The fraction of sp³-hybridized carbons (Fsp3) is 0.182. The van der Waals surface area contributed by atoms with Gasteiger partial charge >= 0.3 is 0 Å². The second-order valence-electron chi connectivity index (χ2n) is 14.4. The molecule has 0 bridgehead atoms. The molecule has 47 heavy (non-hydrogen) atoms. The Bertz CT molecular complexity index is 2220. The molecule has 0 spiro atoms. The Morgan fingerprint density at radius 1 is 0.574 bits per heavy atom. The lowest BCUT2D eigenvalue weighted by Gasteiger charge is -2.25. The maximum atomic E-state index is 6.39. The molecule has 3 heteroatoms. The van der Waals surface area contributed by atoms with E-state index in [1.54, 1.807) is 0 Å². The van der Waals surface area contributed by atoms with Gasteiger partial charge in [0, 0.05) is 11.8 Å². The minimum absolute atomic E-state index is 0.0356. The summed E-state index contributed by atoms with van der Waals surface area (Å²) in [6.07, 6.45) is 1.97. The van der Waals surface area contributed by atoms with Gasteiger partial charge in [-0.25, -0.2) is 4.98 Å². The van der Waals surface area contributed by atoms with Crippen molar-refractivity contribution in [1.82, 2.24) is 4.98 Å². The first-order valence-electron chi connectivity index (χ1n) is 16.3. The van der Waals surface area contributed by atoms with Crippen LogP contribution in [0.2, 0.25) is 0 Å². The Morgan fingerprint density at radius 2 is 1.15 bits per heavy atom. The smallest absolute Gasteiger partial charge is 0.229 e. The predicted octanol–water partition coefficient (Wildman–Crippen LogP) is 12.3. The van der Waals surface area contributed by atoms with Gasteiger partial charge in [-0.3, -0.25) is 4.99 Å². The van der Waals surface area contributed by atoms with Crippen molar-refractivity contribution in [3.63, 3.8) is 0 Å². The highest BCUT2D eigenvalue weighted by Crippen LogP contribution is 2.37. The summed E-state index contributed by atoms with van der Waals surface area (Å²) in [6, 6.07) is 44.8. The zero-order valence-corrected chi connectivity index (χ0v) is 28.0. The van der Waals surface area contributed by atoms with Crippen molar-refractivity contribution >= 4 is 33.8 Å². The third-order valence-electron chi connectivity index (χ3n) is 8.89. The first-order chi connectivity index (χ1) is 22.5. The first-order valence-corrected chi connectivity index (χ1v) is 16.3. The SMILES string of the molecule is CC(C)(C)c1cc(C=Nc2ccccc2-c2nc3c(-c4ccc(-c5cccc6ccccc56)cc4)cccc3o2)cc(C(C)(C)C)c1. The maximum absolute atomic E-state index is 6.39. The van der Waals surface area contributed by atoms with Crippen molar-refractivity contribution in [2.75, 3.05) is 0 Å². The number of hydrogen-bond donors (Lipinski definition) is 0. The van der Waals surface area contributed by atoms with Crippen molar-refractivity contribution in [2.45, 2.75) is 52.4 Å². The molecule has 0 aliphatic rings. The summed E-state index contributed by atoms with van der Waals surface area (Å²) in [5.41, 5.74) is 11.6. The third kappa shape index (κ3) is 6.14. The summed E-state index contributed by atoms with van der Waals surface area (Å²) >= 11 is 0. The van der Waals surface area contributed by atoms with Crippen LogP contribution in [-0.2, 0) is 10.8 Å². The van der Waals surface area contributed by atoms with Crippen LogP contribution >= 0.6 is 0 Å². The third-order valence-corrected chi connectivity index (χ3v) is 8.89. The van der Waals surface area contributed by atoms with Crippen LogP contribution in [-0.4, -0.2) is 11.2 Å². The van der Waals surface area contributed by atoms with Crippen molar-refractivity contribution in [1.29, 1.82) is 0 Å². The lowest BCUT2D eigenvalue weighted by atomic mass is 9.79. The highest BCUT2D eigenvalue weighted by molar-refractivity contribution is 5.98. The molecule has 0 saturated carbocycles. The first kappa shape index (κ1) is 30.4. The van der Waals surface area contributed by atoms with E-state index in [4.69, 9.17) is 14.4 Å². The largest absolute Gasteiger partial charge is 0.436 e. The van der Waals surface area contributed by atoms with Gasteiger partial charge in [0.1, 0.15) is 5.52 Å². The Hall–Kier alpha value is -5.28. The van der Waals surface area contributed by atoms with Crippen molar-refractivity contribution in [3.8, 4) is 33.7 Å². The molecular formula is C44H40N2O. The summed E-state index contributed by atoms with van der Waals surface area (Å²) in [6.45, 7) is 13.5. The lowest BCUT2D eigenvalue weighted by Crippen LogP contribution is -2.17. The molecule has 0 unspecified atom stereocenters. The Morgan fingerprint density at radius 3 is 1.87 bits per heavy atom. The number of oxazole rings is 1. The van der Waals surface area contributed by atoms with Crippen LogP contribution in [0.4, 0.5) is 5.69 Å². The minimum atomic E-state index is 0.0356. The van der Waals surface area contributed by atoms with E-state index in [1.807, 2.05) is 42.6 Å². The molecule has 0 N–H and O–H groups in total. The van der Waals surface area contributed by atoms with Gasteiger partial charge in [-0.2, -0.15) is 0 Å². The molecule has 0 amide bonds. The summed E-state index contributed by atoms with van der Waals surface area (Å²) in [5.74, 6) is 0.561. The molecule has 7 rings (SSSR count). The van der Waals surface area contributed by atoms with E-state index in [0.29, 0.717) is 5.89 Å². The molecule has 6 aromatic carbocycles. The fourth-order valence-corrected chi connectivity index (χ4v) is 6.11. The van der Waals surface area contributed by atoms with Gasteiger partial charge in [0.15, 0.2) is 5.58 Å². The molecule has 0 fully saturated rings. The van der Waals surface area contributed by atoms with E-state index in [1.165, 1.54) is 33.0 Å². The molecule has 1 aromatic heterocycles. The average Bonchev–Trinajstić information content (AvgIpc) is 3.51. The number of hydrogen-bond acceptors (Lipinski definition) is 3. The van der Waals surface area contributed by atoms with Gasteiger partial charge < -0.3 is 4.42 Å². The highest BCUT2D eigenvalue weighted by Gasteiger charge is 2.21. The van der Waals surface area contributed by atoms with E-state index in [9.17, 15) is 0 Å². The summed E-state index contributed by atoms with van der Waals surface area (Å²) in [4.78, 5) is 10.0. The maximum Gasteiger partial charge on any atom is 0.229 e. The number of fused-ring (bicyclic) bond motifs is 2. The van der Waals surface area contributed by atoms with Crippen LogP contribution in [0.15, 0.2) is 137 Å². The van der Waals surface area contributed by atoms with Crippen LogP contribution in [0.25, 0.3) is 55.6 Å². The highest BCUT2D eigenvalue weighted by atomic mass is 16.3. The van der Waals surface area contributed by atoms with Crippen LogP contribution < -0.4 is 0 Å². The Kier molecular flexibility index (Phi) is 7.64. The van der Waals surface area contributed by atoms with Gasteiger partial charge in [0.2, 0.25) is 5.89 Å².